The van der Waals surface area contributed by atoms with Gasteiger partial charge in [0.2, 0.25) is 0 Å². The van der Waals surface area contributed by atoms with Crippen LogP contribution >= 0.6 is 0 Å². The van der Waals surface area contributed by atoms with Gasteiger partial charge in [-0.15, -0.1) is 0 Å². The highest BCUT2D eigenvalue weighted by molar-refractivity contribution is 5.94. The van der Waals surface area contributed by atoms with Crippen LogP contribution in [0.5, 0.6) is 0 Å². The van der Waals surface area contributed by atoms with Crippen molar-refractivity contribution in [2.24, 2.45) is 0 Å². The minimum Gasteiger partial charge on any atom is -0.394 e. The van der Waals surface area contributed by atoms with Crippen LogP contribution in [-0.4, -0.2) is 34.9 Å². The van der Waals surface area contributed by atoms with Gasteiger partial charge in [-0.2, -0.15) is 5.26 Å². The van der Waals surface area contributed by atoms with E-state index in [4.69, 9.17) is 5.26 Å². The first-order valence-corrected chi connectivity index (χ1v) is 6.15. The number of carbonyl (C=O) groups excluding carboxylic acids is 1. The average molecular weight is 262 g/mol. The zero-order chi connectivity index (χ0) is 14.3. The van der Waals surface area contributed by atoms with Gasteiger partial charge in [0, 0.05) is 5.56 Å². The van der Waals surface area contributed by atoms with Crippen molar-refractivity contribution < 1.29 is 15.0 Å². The largest absolute Gasteiger partial charge is 0.394 e. The summed E-state index contributed by atoms with van der Waals surface area (Å²) in [6, 6.07) is 8.15. The number of amides is 1. The fourth-order valence-electron chi connectivity index (χ4n) is 1.84. The Hall–Kier alpha value is -1.90. The second-order valence-electron chi connectivity index (χ2n) is 4.49. The Morgan fingerprint density at radius 3 is 2.32 bits per heavy atom. The van der Waals surface area contributed by atoms with E-state index in [0.29, 0.717) is 17.5 Å². The van der Waals surface area contributed by atoms with Crippen LogP contribution in [0.3, 0.4) is 0 Å². The van der Waals surface area contributed by atoms with E-state index in [2.05, 4.69) is 5.32 Å². The first kappa shape index (κ1) is 15.2. The van der Waals surface area contributed by atoms with Crippen LogP contribution in [0.2, 0.25) is 0 Å². The lowest BCUT2D eigenvalue weighted by molar-refractivity contribution is 0.0632. The molecule has 0 aromatic heterocycles. The summed E-state index contributed by atoms with van der Waals surface area (Å²) in [4.78, 5) is 12.0. The third-order valence-corrected chi connectivity index (χ3v) is 2.99. The van der Waals surface area contributed by atoms with Gasteiger partial charge in [-0.1, -0.05) is 13.3 Å². The number of hydrogen-bond donors (Lipinski definition) is 3. The zero-order valence-electron chi connectivity index (χ0n) is 10.9. The van der Waals surface area contributed by atoms with Gasteiger partial charge in [0.1, 0.15) is 0 Å². The van der Waals surface area contributed by atoms with Crippen LogP contribution in [-0.2, 0) is 0 Å². The molecule has 0 fully saturated rings. The molecule has 0 aliphatic rings. The summed E-state index contributed by atoms with van der Waals surface area (Å²) in [7, 11) is 0. The van der Waals surface area contributed by atoms with E-state index >= 15 is 0 Å². The predicted octanol–water partition coefficient (Wildman–Crippen LogP) is 0.812. The Kier molecular flexibility index (Phi) is 5.49. The summed E-state index contributed by atoms with van der Waals surface area (Å²) in [5, 5.41) is 30.1. The first-order chi connectivity index (χ1) is 9.10. The van der Waals surface area contributed by atoms with Crippen LogP contribution in [0.1, 0.15) is 35.7 Å². The molecule has 0 unspecified atom stereocenters. The van der Waals surface area contributed by atoms with E-state index in [9.17, 15) is 15.0 Å². The van der Waals surface area contributed by atoms with Crippen molar-refractivity contribution in [3.8, 4) is 6.07 Å². The lowest BCUT2D eigenvalue weighted by atomic mass is 9.95. The topological polar surface area (TPSA) is 93.3 Å². The third-order valence-electron chi connectivity index (χ3n) is 2.99. The molecule has 0 spiro atoms. The Bertz CT molecular complexity index is 459. The van der Waals surface area contributed by atoms with Crippen molar-refractivity contribution in [1.82, 2.24) is 5.32 Å². The number of hydrogen-bond acceptors (Lipinski definition) is 4. The predicted molar refractivity (Wildman–Crippen MR) is 70.4 cm³/mol. The Morgan fingerprint density at radius 2 is 1.89 bits per heavy atom. The van der Waals surface area contributed by atoms with Crippen molar-refractivity contribution in [3.63, 3.8) is 0 Å². The lowest BCUT2D eigenvalue weighted by Crippen LogP contribution is -2.54. The maximum Gasteiger partial charge on any atom is 0.251 e. The van der Waals surface area contributed by atoms with E-state index in [1.165, 1.54) is 0 Å². The first-order valence-electron chi connectivity index (χ1n) is 6.15. The van der Waals surface area contributed by atoms with Crippen LogP contribution in [0, 0.1) is 11.3 Å². The quantitative estimate of drug-likeness (QED) is 0.707. The van der Waals surface area contributed by atoms with Crippen LogP contribution in [0.25, 0.3) is 0 Å². The fourth-order valence-corrected chi connectivity index (χ4v) is 1.84. The van der Waals surface area contributed by atoms with Gasteiger partial charge in [0.15, 0.2) is 0 Å². The number of nitrogens with zero attached hydrogens (tertiary/aromatic N) is 1. The second kappa shape index (κ2) is 6.88. The summed E-state index contributed by atoms with van der Waals surface area (Å²) in [6.45, 7) is 1.27. The van der Waals surface area contributed by atoms with Crippen molar-refractivity contribution in [3.05, 3.63) is 35.4 Å². The van der Waals surface area contributed by atoms with Gasteiger partial charge in [-0.05, 0) is 30.7 Å². The van der Waals surface area contributed by atoms with Crippen LogP contribution < -0.4 is 5.32 Å². The van der Waals surface area contributed by atoms with E-state index in [0.717, 1.165) is 6.42 Å². The molecular formula is C14H18N2O3. The molecule has 0 atom stereocenters. The molecule has 0 saturated heterocycles. The molecule has 1 rings (SSSR count). The highest BCUT2D eigenvalue weighted by Gasteiger charge is 2.29. The smallest absolute Gasteiger partial charge is 0.251 e. The van der Waals surface area contributed by atoms with E-state index < -0.39 is 5.54 Å². The maximum atomic E-state index is 12.0. The van der Waals surface area contributed by atoms with Crippen molar-refractivity contribution in [2.75, 3.05) is 13.2 Å². The summed E-state index contributed by atoms with van der Waals surface area (Å²) in [5.74, 6) is -0.374. The summed E-state index contributed by atoms with van der Waals surface area (Å²) in [5.41, 5.74) is -0.137. The molecule has 0 radical (unpaired) electrons. The lowest BCUT2D eigenvalue weighted by Gasteiger charge is -2.30. The maximum absolute atomic E-state index is 12.0. The highest BCUT2D eigenvalue weighted by Crippen LogP contribution is 2.13. The number of nitrogens with one attached hydrogen (secondary N) is 1. The summed E-state index contributed by atoms with van der Waals surface area (Å²) in [6.07, 6.45) is 1.22. The fraction of sp³-hybridized carbons (Fsp3) is 0.429. The van der Waals surface area contributed by atoms with E-state index in [1.807, 2.05) is 13.0 Å². The van der Waals surface area contributed by atoms with Crippen molar-refractivity contribution >= 4 is 5.91 Å². The molecule has 1 aromatic carbocycles. The SMILES string of the molecule is CCCC(CO)(CO)NC(=O)c1ccc(C#N)cc1. The van der Waals surface area contributed by atoms with Crippen molar-refractivity contribution in [1.29, 1.82) is 5.26 Å². The van der Waals surface area contributed by atoms with Gasteiger partial charge in [0.05, 0.1) is 30.4 Å². The Morgan fingerprint density at radius 1 is 1.32 bits per heavy atom. The minimum atomic E-state index is -1.00. The molecule has 0 saturated carbocycles. The second-order valence-corrected chi connectivity index (χ2v) is 4.49. The molecule has 19 heavy (non-hydrogen) atoms. The Balaban J connectivity index is 2.84. The monoisotopic (exact) mass is 262 g/mol. The highest BCUT2D eigenvalue weighted by atomic mass is 16.3. The number of benzene rings is 1. The van der Waals surface area contributed by atoms with Gasteiger partial charge < -0.3 is 15.5 Å². The van der Waals surface area contributed by atoms with E-state index in [-0.39, 0.29) is 19.1 Å². The Labute approximate surface area is 112 Å². The molecule has 102 valence electrons. The summed E-state index contributed by atoms with van der Waals surface area (Å²) >= 11 is 0. The van der Waals surface area contributed by atoms with Gasteiger partial charge >= 0.3 is 0 Å². The number of carbonyl (C=O) groups is 1. The molecular weight excluding hydrogens is 244 g/mol. The van der Waals surface area contributed by atoms with Crippen molar-refractivity contribution in [2.45, 2.75) is 25.3 Å². The third kappa shape index (κ3) is 3.78. The molecule has 0 bridgehead atoms. The zero-order valence-corrected chi connectivity index (χ0v) is 10.9. The number of aliphatic hydroxyl groups is 2. The van der Waals surface area contributed by atoms with Gasteiger partial charge in [-0.25, -0.2) is 0 Å². The molecule has 0 aliphatic carbocycles. The molecule has 1 amide bonds. The molecule has 1 aromatic rings. The molecule has 0 heterocycles. The van der Waals surface area contributed by atoms with Crippen LogP contribution in [0.4, 0.5) is 0 Å². The van der Waals surface area contributed by atoms with Gasteiger partial charge in [0.25, 0.3) is 5.91 Å². The minimum absolute atomic E-state index is 0.320. The summed E-state index contributed by atoms with van der Waals surface area (Å²) < 4.78 is 0. The standard InChI is InChI=1S/C14H18N2O3/c1-2-7-14(9-17,10-18)16-13(19)12-5-3-11(8-15)4-6-12/h3-6,17-18H,2,7,9-10H2,1H3,(H,16,19). The van der Waals surface area contributed by atoms with Crippen LogP contribution in [0.15, 0.2) is 24.3 Å². The number of aliphatic hydroxyl groups excluding tert-OH is 2. The molecule has 5 heteroatoms. The number of rotatable bonds is 6. The molecule has 3 N–H and O–H groups in total. The normalized spacial score (nSPS) is 10.8. The van der Waals surface area contributed by atoms with E-state index in [1.54, 1.807) is 24.3 Å². The molecule has 0 aliphatic heterocycles. The van der Waals surface area contributed by atoms with Gasteiger partial charge in [-0.3, -0.25) is 4.79 Å². The number of nitriles is 1. The molecule has 5 nitrogen and oxygen atoms in total. The average Bonchev–Trinajstić information content (AvgIpc) is 2.46.